The third-order valence-electron chi connectivity index (χ3n) is 5.58. The van der Waals surface area contributed by atoms with E-state index in [2.05, 4.69) is 4.98 Å². The zero-order valence-corrected chi connectivity index (χ0v) is 15.9. The fraction of sp³-hybridized carbons (Fsp3) is 0.650. The highest BCUT2D eigenvalue weighted by Gasteiger charge is 2.44. The van der Waals surface area contributed by atoms with E-state index in [-0.39, 0.29) is 18.4 Å². The number of carbonyl (C=O) groups is 2. The average molecular weight is 373 g/mol. The van der Waals surface area contributed by atoms with Crippen molar-refractivity contribution in [2.45, 2.75) is 31.8 Å². The van der Waals surface area contributed by atoms with Crippen molar-refractivity contribution in [3.8, 4) is 0 Å². The number of nitrogens with zero attached hydrogens (tertiary/aromatic N) is 3. The molecular weight excluding hydrogens is 346 g/mol. The summed E-state index contributed by atoms with van der Waals surface area (Å²) in [6.45, 7) is 5.18. The van der Waals surface area contributed by atoms with Crippen LogP contribution in [0.15, 0.2) is 18.3 Å². The topological polar surface area (TPSA) is 72.0 Å². The standard InChI is InChI=1S/C20H27N3O4/c1-2-17-6-5-16(9-21-17)19(25)22-7-8-26-14-20(12-22)13-23(10-15-3-4-15)18(24)11-27-20/h5-6,9,15H,2-4,7-8,10-14H2,1H3. The molecule has 2 aliphatic heterocycles. The zero-order chi connectivity index (χ0) is 18.9. The molecule has 4 rings (SSSR count). The van der Waals surface area contributed by atoms with Gasteiger partial charge in [0, 0.05) is 25.0 Å². The van der Waals surface area contributed by atoms with Crippen molar-refractivity contribution in [3.05, 3.63) is 29.6 Å². The van der Waals surface area contributed by atoms with E-state index in [1.807, 2.05) is 24.0 Å². The Morgan fingerprint density at radius 2 is 2.19 bits per heavy atom. The molecule has 0 radical (unpaired) electrons. The van der Waals surface area contributed by atoms with Crippen LogP contribution >= 0.6 is 0 Å². The minimum absolute atomic E-state index is 0.0361. The predicted octanol–water partition coefficient (Wildman–Crippen LogP) is 1.12. The Bertz CT molecular complexity index is 704. The first-order chi connectivity index (χ1) is 13.1. The van der Waals surface area contributed by atoms with Crippen LogP contribution in [0, 0.1) is 5.92 Å². The molecule has 1 aromatic rings. The fourth-order valence-electron chi connectivity index (χ4n) is 3.77. The molecule has 7 nitrogen and oxygen atoms in total. The lowest BCUT2D eigenvalue weighted by Gasteiger charge is -2.43. The van der Waals surface area contributed by atoms with E-state index >= 15 is 0 Å². The first-order valence-electron chi connectivity index (χ1n) is 9.82. The zero-order valence-electron chi connectivity index (χ0n) is 15.9. The van der Waals surface area contributed by atoms with Crippen LogP contribution in [-0.2, 0) is 20.7 Å². The van der Waals surface area contributed by atoms with Crippen molar-refractivity contribution >= 4 is 11.8 Å². The number of aryl methyl sites for hydroxylation is 1. The maximum absolute atomic E-state index is 13.0. The summed E-state index contributed by atoms with van der Waals surface area (Å²) in [5.41, 5.74) is 0.893. The highest BCUT2D eigenvalue weighted by Crippen LogP contribution is 2.32. The summed E-state index contributed by atoms with van der Waals surface area (Å²) in [6.07, 6.45) is 4.87. The van der Waals surface area contributed by atoms with E-state index < -0.39 is 5.60 Å². The molecule has 1 aliphatic carbocycles. The predicted molar refractivity (Wildman–Crippen MR) is 98.3 cm³/mol. The molecule has 0 aromatic carbocycles. The second kappa shape index (κ2) is 7.56. The minimum Gasteiger partial charge on any atom is -0.376 e. The molecule has 2 amide bonds. The number of rotatable bonds is 4. The summed E-state index contributed by atoms with van der Waals surface area (Å²) in [7, 11) is 0. The molecule has 0 bridgehead atoms. The average Bonchev–Trinajstić information content (AvgIpc) is 3.52. The van der Waals surface area contributed by atoms with Crippen molar-refractivity contribution in [1.29, 1.82) is 0 Å². The molecule has 0 N–H and O–H groups in total. The molecule has 3 fully saturated rings. The van der Waals surface area contributed by atoms with E-state index in [0.29, 0.717) is 44.3 Å². The van der Waals surface area contributed by atoms with Crippen molar-refractivity contribution < 1.29 is 19.1 Å². The molecule has 3 aliphatic rings. The van der Waals surface area contributed by atoms with Gasteiger partial charge in [0.25, 0.3) is 5.91 Å². The Kier molecular flexibility index (Phi) is 5.14. The first kappa shape index (κ1) is 18.4. The molecule has 1 saturated carbocycles. The number of amides is 2. The van der Waals surface area contributed by atoms with Gasteiger partial charge in [0.1, 0.15) is 12.2 Å². The Morgan fingerprint density at radius 1 is 1.33 bits per heavy atom. The highest BCUT2D eigenvalue weighted by atomic mass is 16.6. The Labute approximate surface area is 159 Å². The quantitative estimate of drug-likeness (QED) is 0.791. The van der Waals surface area contributed by atoms with Gasteiger partial charge in [0.2, 0.25) is 5.91 Å². The highest BCUT2D eigenvalue weighted by molar-refractivity contribution is 5.94. The molecule has 2 saturated heterocycles. The van der Waals surface area contributed by atoms with E-state index in [0.717, 1.165) is 18.7 Å². The van der Waals surface area contributed by atoms with Crippen molar-refractivity contribution in [2.24, 2.45) is 5.92 Å². The van der Waals surface area contributed by atoms with E-state index in [4.69, 9.17) is 9.47 Å². The third kappa shape index (κ3) is 4.14. The second-order valence-corrected chi connectivity index (χ2v) is 7.86. The third-order valence-corrected chi connectivity index (χ3v) is 5.58. The lowest BCUT2D eigenvalue weighted by molar-refractivity contribution is -0.172. The van der Waals surface area contributed by atoms with Gasteiger partial charge in [-0.3, -0.25) is 14.6 Å². The van der Waals surface area contributed by atoms with Crippen LogP contribution in [0.25, 0.3) is 0 Å². The summed E-state index contributed by atoms with van der Waals surface area (Å²) < 4.78 is 11.7. The molecule has 146 valence electrons. The van der Waals surface area contributed by atoms with Crippen LogP contribution in [0.4, 0.5) is 0 Å². The monoisotopic (exact) mass is 373 g/mol. The van der Waals surface area contributed by atoms with Gasteiger partial charge in [0.05, 0.1) is 31.9 Å². The second-order valence-electron chi connectivity index (χ2n) is 7.86. The van der Waals surface area contributed by atoms with Gasteiger partial charge in [-0.15, -0.1) is 0 Å². The Morgan fingerprint density at radius 3 is 2.89 bits per heavy atom. The smallest absolute Gasteiger partial charge is 0.255 e. The summed E-state index contributed by atoms with van der Waals surface area (Å²) in [6, 6.07) is 3.72. The molecule has 1 aromatic heterocycles. The van der Waals surface area contributed by atoms with Gasteiger partial charge >= 0.3 is 0 Å². The first-order valence-corrected chi connectivity index (χ1v) is 9.82. The maximum Gasteiger partial charge on any atom is 0.255 e. The lowest BCUT2D eigenvalue weighted by atomic mass is 10.0. The number of carbonyl (C=O) groups excluding carboxylic acids is 2. The number of hydrogen-bond donors (Lipinski definition) is 0. The van der Waals surface area contributed by atoms with Crippen molar-refractivity contribution in [3.63, 3.8) is 0 Å². The van der Waals surface area contributed by atoms with Gasteiger partial charge in [-0.1, -0.05) is 6.92 Å². The van der Waals surface area contributed by atoms with Crippen LogP contribution in [0.5, 0.6) is 0 Å². The summed E-state index contributed by atoms with van der Waals surface area (Å²) >= 11 is 0. The van der Waals surface area contributed by atoms with Gasteiger partial charge < -0.3 is 19.3 Å². The molecule has 1 unspecified atom stereocenters. The maximum atomic E-state index is 13.0. The Hall–Kier alpha value is -1.99. The summed E-state index contributed by atoms with van der Waals surface area (Å²) in [4.78, 5) is 33.3. The van der Waals surface area contributed by atoms with Crippen LogP contribution in [0.1, 0.15) is 35.8 Å². The Balaban J connectivity index is 1.49. The van der Waals surface area contributed by atoms with Crippen LogP contribution < -0.4 is 0 Å². The van der Waals surface area contributed by atoms with Crippen molar-refractivity contribution in [1.82, 2.24) is 14.8 Å². The number of aromatic nitrogens is 1. The van der Waals surface area contributed by atoms with Crippen molar-refractivity contribution in [2.75, 3.05) is 46.0 Å². The number of morpholine rings is 1. The van der Waals surface area contributed by atoms with Gasteiger partial charge in [-0.25, -0.2) is 0 Å². The van der Waals surface area contributed by atoms with Crippen LogP contribution in [0.3, 0.4) is 0 Å². The van der Waals surface area contributed by atoms with Gasteiger partial charge in [0.15, 0.2) is 0 Å². The number of ether oxygens (including phenoxy) is 2. The molecule has 1 spiro atoms. The van der Waals surface area contributed by atoms with Crippen LogP contribution in [-0.4, -0.2) is 78.2 Å². The van der Waals surface area contributed by atoms with Gasteiger partial charge in [-0.2, -0.15) is 0 Å². The lowest BCUT2D eigenvalue weighted by Crippen LogP contribution is -2.61. The van der Waals surface area contributed by atoms with E-state index in [1.54, 1.807) is 11.1 Å². The summed E-state index contributed by atoms with van der Waals surface area (Å²) in [5.74, 6) is 0.593. The molecule has 1 atom stereocenters. The normalized spacial score (nSPS) is 26.3. The van der Waals surface area contributed by atoms with Crippen LogP contribution in [0.2, 0.25) is 0 Å². The summed E-state index contributed by atoms with van der Waals surface area (Å²) in [5, 5.41) is 0. The largest absolute Gasteiger partial charge is 0.376 e. The molecule has 7 heteroatoms. The fourth-order valence-corrected chi connectivity index (χ4v) is 3.77. The van der Waals surface area contributed by atoms with E-state index in [1.165, 1.54) is 12.8 Å². The number of hydrogen-bond acceptors (Lipinski definition) is 5. The minimum atomic E-state index is -0.647. The SMILES string of the molecule is CCc1ccc(C(=O)N2CCOCC3(CN(CC4CC4)C(=O)CO3)C2)cn1. The van der Waals surface area contributed by atoms with Gasteiger partial charge in [-0.05, 0) is 37.3 Å². The number of pyridine rings is 1. The van der Waals surface area contributed by atoms with E-state index in [9.17, 15) is 9.59 Å². The molecular formula is C20H27N3O4. The molecule has 3 heterocycles. The molecule has 27 heavy (non-hydrogen) atoms.